The highest BCUT2D eigenvalue weighted by Gasteiger charge is 2.10. The Morgan fingerprint density at radius 1 is 1.50 bits per heavy atom. The minimum Gasteiger partial charge on any atom is -0.469 e. The maximum absolute atomic E-state index is 11.6. The van der Waals surface area contributed by atoms with E-state index in [2.05, 4.69) is 28.9 Å². The standard InChI is InChI=1S/C12H18N2O3S/c1-8(2)4-5-10(15)14-12-13-9(7-18-12)6-11(16)17-3/h7-8H,4-6H2,1-3H3,(H,13,14,15). The van der Waals surface area contributed by atoms with Crippen LogP contribution >= 0.6 is 11.3 Å². The molecule has 1 N–H and O–H groups in total. The summed E-state index contributed by atoms with van der Waals surface area (Å²) >= 11 is 1.31. The number of thiazole rings is 1. The van der Waals surface area contributed by atoms with Gasteiger partial charge in [-0.3, -0.25) is 9.59 Å². The first-order valence-electron chi connectivity index (χ1n) is 5.82. The van der Waals surface area contributed by atoms with E-state index in [4.69, 9.17) is 0 Å². The monoisotopic (exact) mass is 270 g/mol. The van der Waals surface area contributed by atoms with Crippen LogP contribution in [0, 0.1) is 5.92 Å². The number of rotatable bonds is 6. The SMILES string of the molecule is COC(=O)Cc1csc(NC(=O)CCC(C)C)n1. The van der Waals surface area contributed by atoms with Crippen LogP contribution in [0.15, 0.2) is 5.38 Å². The number of anilines is 1. The molecule has 6 heteroatoms. The van der Waals surface area contributed by atoms with Gasteiger partial charge in [-0.25, -0.2) is 4.98 Å². The molecule has 1 amide bonds. The molecule has 1 aromatic heterocycles. The zero-order chi connectivity index (χ0) is 13.5. The first kappa shape index (κ1) is 14.6. The van der Waals surface area contributed by atoms with Crippen LogP contribution < -0.4 is 5.32 Å². The number of esters is 1. The van der Waals surface area contributed by atoms with E-state index in [-0.39, 0.29) is 18.3 Å². The summed E-state index contributed by atoms with van der Waals surface area (Å²) in [5.41, 5.74) is 0.617. The second kappa shape index (κ2) is 7.10. The molecule has 0 fully saturated rings. The van der Waals surface area contributed by atoms with Crippen molar-refractivity contribution < 1.29 is 14.3 Å². The van der Waals surface area contributed by atoms with Crippen molar-refractivity contribution in [2.45, 2.75) is 33.1 Å². The molecule has 0 atom stereocenters. The number of nitrogens with zero attached hydrogens (tertiary/aromatic N) is 1. The van der Waals surface area contributed by atoms with Crippen LogP contribution in [0.5, 0.6) is 0 Å². The lowest BCUT2D eigenvalue weighted by atomic mass is 10.1. The largest absolute Gasteiger partial charge is 0.469 e. The summed E-state index contributed by atoms with van der Waals surface area (Å²) in [5.74, 6) is 0.127. The van der Waals surface area contributed by atoms with E-state index >= 15 is 0 Å². The molecule has 1 rings (SSSR count). The van der Waals surface area contributed by atoms with Crippen LogP contribution in [0.3, 0.4) is 0 Å². The van der Waals surface area contributed by atoms with Crippen LogP contribution in [0.25, 0.3) is 0 Å². The lowest BCUT2D eigenvalue weighted by Crippen LogP contribution is -2.12. The molecule has 0 unspecified atom stereocenters. The highest BCUT2D eigenvalue weighted by molar-refractivity contribution is 7.13. The van der Waals surface area contributed by atoms with Crippen LogP contribution in [0.2, 0.25) is 0 Å². The fourth-order valence-corrected chi connectivity index (χ4v) is 1.99. The van der Waals surface area contributed by atoms with E-state index in [1.54, 1.807) is 5.38 Å². The number of aromatic nitrogens is 1. The molecule has 1 aromatic rings. The third-order valence-corrected chi connectivity index (χ3v) is 3.11. The summed E-state index contributed by atoms with van der Waals surface area (Å²) in [7, 11) is 1.34. The molecule has 18 heavy (non-hydrogen) atoms. The van der Waals surface area contributed by atoms with Crippen molar-refractivity contribution in [1.29, 1.82) is 0 Å². The van der Waals surface area contributed by atoms with Gasteiger partial charge in [-0.05, 0) is 12.3 Å². The normalized spacial score (nSPS) is 10.4. The molecule has 0 spiro atoms. The third kappa shape index (κ3) is 5.27. The lowest BCUT2D eigenvalue weighted by Gasteiger charge is -2.03. The van der Waals surface area contributed by atoms with E-state index < -0.39 is 0 Å². The molecule has 0 radical (unpaired) electrons. The first-order chi connectivity index (χ1) is 8.51. The summed E-state index contributed by atoms with van der Waals surface area (Å²) in [5, 5.41) is 5.00. The fraction of sp³-hybridized carbons (Fsp3) is 0.583. The number of carbonyl (C=O) groups is 2. The number of amides is 1. The Labute approximate surface area is 111 Å². The van der Waals surface area contributed by atoms with Gasteiger partial charge in [0.05, 0.1) is 19.2 Å². The summed E-state index contributed by atoms with van der Waals surface area (Å²) < 4.78 is 4.55. The number of hydrogen-bond donors (Lipinski definition) is 1. The van der Waals surface area contributed by atoms with Crippen LogP contribution in [-0.2, 0) is 20.7 Å². The summed E-state index contributed by atoms with van der Waals surface area (Å²) in [4.78, 5) is 26.8. The number of nitrogens with one attached hydrogen (secondary N) is 1. The highest BCUT2D eigenvalue weighted by Crippen LogP contribution is 2.16. The Morgan fingerprint density at radius 2 is 2.22 bits per heavy atom. The van der Waals surface area contributed by atoms with E-state index in [9.17, 15) is 9.59 Å². The maximum atomic E-state index is 11.6. The van der Waals surface area contributed by atoms with Crippen molar-refractivity contribution in [3.05, 3.63) is 11.1 Å². The zero-order valence-electron chi connectivity index (χ0n) is 10.9. The van der Waals surface area contributed by atoms with Gasteiger partial charge in [0.25, 0.3) is 0 Å². The van der Waals surface area contributed by atoms with Crippen molar-refractivity contribution in [3.63, 3.8) is 0 Å². The number of methoxy groups -OCH3 is 1. The molecule has 100 valence electrons. The van der Waals surface area contributed by atoms with Gasteiger partial charge in [0.1, 0.15) is 0 Å². The zero-order valence-corrected chi connectivity index (χ0v) is 11.7. The van der Waals surface area contributed by atoms with Crippen LogP contribution in [-0.4, -0.2) is 24.0 Å². The summed E-state index contributed by atoms with van der Waals surface area (Å²) in [6, 6.07) is 0. The molecule has 0 aromatic carbocycles. The minimum absolute atomic E-state index is 0.0392. The van der Waals surface area contributed by atoms with Crippen molar-refractivity contribution in [2.24, 2.45) is 5.92 Å². The Morgan fingerprint density at radius 3 is 2.83 bits per heavy atom. The predicted octanol–water partition coefficient (Wildman–Crippen LogP) is 2.23. The van der Waals surface area contributed by atoms with E-state index in [0.717, 1.165) is 6.42 Å². The Bertz CT molecular complexity index is 415. The van der Waals surface area contributed by atoms with Crippen LogP contribution in [0.1, 0.15) is 32.4 Å². The fourth-order valence-electron chi connectivity index (χ4n) is 1.27. The molecule has 0 aliphatic carbocycles. The van der Waals surface area contributed by atoms with E-state index in [1.165, 1.54) is 18.4 Å². The van der Waals surface area contributed by atoms with Crippen molar-refractivity contribution in [3.8, 4) is 0 Å². The predicted molar refractivity (Wildman–Crippen MR) is 70.5 cm³/mol. The van der Waals surface area contributed by atoms with Gasteiger partial charge in [-0.1, -0.05) is 13.8 Å². The van der Waals surface area contributed by atoms with Crippen LogP contribution in [0.4, 0.5) is 5.13 Å². The summed E-state index contributed by atoms with van der Waals surface area (Å²) in [6.45, 7) is 4.15. The van der Waals surface area contributed by atoms with Crippen molar-refractivity contribution in [2.75, 3.05) is 12.4 Å². The second-order valence-corrected chi connectivity index (χ2v) is 5.24. The number of hydrogen-bond acceptors (Lipinski definition) is 5. The van der Waals surface area contributed by atoms with Gasteiger partial charge in [-0.2, -0.15) is 0 Å². The lowest BCUT2D eigenvalue weighted by molar-refractivity contribution is -0.139. The molecular formula is C12H18N2O3S. The molecule has 0 aliphatic rings. The van der Waals surface area contributed by atoms with E-state index in [1.807, 2.05) is 0 Å². The Hall–Kier alpha value is -1.43. The topological polar surface area (TPSA) is 68.3 Å². The van der Waals surface area contributed by atoms with E-state index in [0.29, 0.717) is 23.2 Å². The smallest absolute Gasteiger partial charge is 0.311 e. The number of carbonyl (C=O) groups excluding carboxylic acids is 2. The first-order valence-corrected chi connectivity index (χ1v) is 6.70. The second-order valence-electron chi connectivity index (χ2n) is 4.38. The average Bonchev–Trinajstić information content (AvgIpc) is 2.73. The quantitative estimate of drug-likeness (QED) is 0.805. The minimum atomic E-state index is -0.335. The number of ether oxygens (including phenoxy) is 1. The molecule has 0 saturated carbocycles. The van der Waals surface area contributed by atoms with Gasteiger partial charge in [0.15, 0.2) is 5.13 Å². The third-order valence-electron chi connectivity index (χ3n) is 2.30. The molecule has 5 nitrogen and oxygen atoms in total. The van der Waals surface area contributed by atoms with Gasteiger partial charge in [0, 0.05) is 11.8 Å². The molecule has 1 heterocycles. The molecular weight excluding hydrogens is 252 g/mol. The molecule has 0 bridgehead atoms. The van der Waals surface area contributed by atoms with Gasteiger partial charge >= 0.3 is 5.97 Å². The van der Waals surface area contributed by atoms with Crippen molar-refractivity contribution >= 4 is 28.3 Å². The Kier molecular flexibility index (Phi) is 5.77. The molecule has 0 saturated heterocycles. The van der Waals surface area contributed by atoms with Gasteiger partial charge in [-0.15, -0.1) is 11.3 Å². The van der Waals surface area contributed by atoms with Gasteiger partial charge in [0.2, 0.25) is 5.91 Å². The Balaban J connectivity index is 2.43. The average molecular weight is 270 g/mol. The highest BCUT2D eigenvalue weighted by atomic mass is 32.1. The summed E-state index contributed by atoms with van der Waals surface area (Å²) in [6.07, 6.45) is 1.48. The molecule has 0 aliphatic heterocycles. The maximum Gasteiger partial charge on any atom is 0.311 e. The van der Waals surface area contributed by atoms with Gasteiger partial charge < -0.3 is 10.1 Å². The van der Waals surface area contributed by atoms with Crippen molar-refractivity contribution in [1.82, 2.24) is 4.98 Å².